The molecule has 32 heavy (non-hydrogen) atoms. The molecule has 0 spiro atoms. The van der Waals surface area contributed by atoms with E-state index in [4.69, 9.17) is 18.6 Å². The summed E-state index contributed by atoms with van der Waals surface area (Å²) in [7, 11) is 4.38. The average molecular weight is 455 g/mol. The Morgan fingerprint density at radius 1 is 1.12 bits per heavy atom. The highest BCUT2D eigenvalue weighted by Crippen LogP contribution is 2.35. The molecule has 166 valence electrons. The summed E-state index contributed by atoms with van der Waals surface area (Å²) in [6, 6.07) is 8.16. The smallest absolute Gasteiger partial charge is 0.338 e. The summed E-state index contributed by atoms with van der Waals surface area (Å²) in [5.74, 6) is 1.78. The fourth-order valence-electron chi connectivity index (χ4n) is 3.69. The summed E-state index contributed by atoms with van der Waals surface area (Å²) in [4.78, 5) is 31.2. The standard InChI is InChI=1S/C23H22N2O6S/c1-12-6-8-15(31-12)11-18-21(26)25-20(14-7-9-16(28-3)17(10-14)29-4)19(22(27)30-5)13(2)24-23(25)32-18/h6-11,20H,1-5H3/b18-11-/t20-/m1/s1. The van der Waals surface area contributed by atoms with Crippen LogP contribution in [0.5, 0.6) is 11.5 Å². The lowest BCUT2D eigenvalue weighted by Gasteiger charge is -2.25. The number of rotatable bonds is 5. The molecule has 0 unspecified atom stereocenters. The third-order valence-electron chi connectivity index (χ3n) is 5.18. The van der Waals surface area contributed by atoms with Crippen LogP contribution in [0.25, 0.3) is 6.08 Å². The second-order valence-electron chi connectivity index (χ2n) is 7.14. The third-order valence-corrected chi connectivity index (χ3v) is 6.17. The molecule has 2 aromatic heterocycles. The minimum absolute atomic E-state index is 0.281. The van der Waals surface area contributed by atoms with Crippen LogP contribution in [0, 0.1) is 6.92 Å². The normalized spacial score (nSPS) is 15.9. The Balaban J connectivity index is 1.98. The van der Waals surface area contributed by atoms with E-state index in [1.807, 2.05) is 13.0 Å². The van der Waals surface area contributed by atoms with E-state index in [1.165, 1.54) is 30.1 Å². The summed E-state index contributed by atoms with van der Waals surface area (Å²) < 4.78 is 23.3. The maximum absolute atomic E-state index is 13.5. The molecule has 0 aliphatic carbocycles. The number of thiazole rings is 1. The molecule has 1 aliphatic rings. The van der Waals surface area contributed by atoms with Gasteiger partial charge in [0.25, 0.3) is 5.56 Å². The van der Waals surface area contributed by atoms with Gasteiger partial charge in [-0.3, -0.25) is 9.36 Å². The summed E-state index contributed by atoms with van der Waals surface area (Å²) >= 11 is 1.23. The number of allylic oxidation sites excluding steroid dienone is 1. The number of ether oxygens (including phenoxy) is 3. The monoisotopic (exact) mass is 454 g/mol. The van der Waals surface area contributed by atoms with Crippen LogP contribution in [0.3, 0.4) is 0 Å². The number of furan rings is 1. The van der Waals surface area contributed by atoms with Crippen LogP contribution in [0.15, 0.2) is 55.8 Å². The van der Waals surface area contributed by atoms with Gasteiger partial charge in [0.2, 0.25) is 0 Å². The van der Waals surface area contributed by atoms with Gasteiger partial charge < -0.3 is 18.6 Å². The largest absolute Gasteiger partial charge is 0.493 e. The second kappa shape index (κ2) is 8.51. The molecule has 9 heteroatoms. The van der Waals surface area contributed by atoms with Crippen LogP contribution in [0.4, 0.5) is 0 Å². The molecule has 1 aromatic carbocycles. The first-order valence-corrected chi connectivity index (χ1v) is 10.6. The first kappa shape index (κ1) is 21.6. The number of hydrogen-bond acceptors (Lipinski definition) is 8. The topological polar surface area (TPSA) is 92.3 Å². The SMILES string of the molecule is COC(=O)C1=C(C)N=c2s/c(=C\c3ccc(C)o3)c(=O)n2[C@@H]1c1ccc(OC)c(OC)c1. The highest BCUT2D eigenvalue weighted by atomic mass is 32.1. The lowest BCUT2D eigenvalue weighted by molar-refractivity contribution is -0.136. The molecule has 0 bridgehead atoms. The Hall–Kier alpha value is -3.59. The predicted octanol–water partition coefficient (Wildman–Crippen LogP) is 2.33. The van der Waals surface area contributed by atoms with Gasteiger partial charge in [-0.1, -0.05) is 17.4 Å². The molecular weight excluding hydrogens is 432 g/mol. The van der Waals surface area contributed by atoms with Crippen molar-refractivity contribution >= 4 is 23.4 Å². The van der Waals surface area contributed by atoms with Gasteiger partial charge in [-0.25, -0.2) is 9.79 Å². The van der Waals surface area contributed by atoms with Crippen molar-refractivity contribution in [2.24, 2.45) is 4.99 Å². The highest BCUT2D eigenvalue weighted by molar-refractivity contribution is 7.07. The van der Waals surface area contributed by atoms with Crippen molar-refractivity contribution in [1.82, 2.24) is 4.57 Å². The third kappa shape index (κ3) is 3.64. The number of carbonyl (C=O) groups is 1. The lowest BCUT2D eigenvalue weighted by atomic mass is 9.95. The van der Waals surface area contributed by atoms with Crippen molar-refractivity contribution in [3.63, 3.8) is 0 Å². The van der Waals surface area contributed by atoms with Gasteiger partial charge in [0.05, 0.1) is 43.2 Å². The Labute approximate surface area is 187 Å². The van der Waals surface area contributed by atoms with Crippen LogP contribution in [-0.2, 0) is 9.53 Å². The van der Waals surface area contributed by atoms with E-state index >= 15 is 0 Å². The molecule has 1 aliphatic heterocycles. The number of fused-ring (bicyclic) bond motifs is 1. The first-order chi connectivity index (χ1) is 15.4. The fraction of sp³-hybridized carbons (Fsp3) is 0.261. The molecule has 0 N–H and O–H groups in total. The summed E-state index contributed by atoms with van der Waals surface area (Å²) in [6.07, 6.45) is 1.68. The molecule has 0 fully saturated rings. The maximum Gasteiger partial charge on any atom is 0.338 e. The molecule has 0 saturated heterocycles. The zero-order chi connectivity index (χ0) is 23.0. The van der Waals surface area contributed by atoms with Gasteiger partial charge in [0.15, 0.2) is 16.3 Å². The van der Waals surface area contributed by atoms with E-state index in [0.717, 1.165) is 5.76 Å². The fourth-order valence-corrected chi connectivity index (χ4v) is 4.72. The van der Waals surface area contributed by atoms with Gasteiger partial charge in [0.1, 0.15) is 11.5 Å². The molecule has 1 atom stereocenters. The number of hydrogen-bond donors (Lipinski definition) is 0. The Morgan fingerprint density at radius 2 is 1.88 bits per heavy atom. The number of methoxy groups -OCH3 is 3. The Kier molecular flexibility index (Phi) is 5.75. The van der Waals surface area contributed by atoms with E-state index < -0.39 is 12.0 Å². The van der Waals surface area contributed by atoms with Crippen molar-refractivity contribution in [1.29, 1.82) is 0 Å². The summed E-state index contributed by atoms with van der Waals surface area (Å²) in [6.45, 7) is 3.56. The van der Waals surface area contributed by atoms with Crippen molar-refractivity contribution in [3.8, 4) is 11.5 Å². The minimum atomic E-state index is -0.737. The van der Waals surface area contributed by atoms with Crippen molar-refractivity contribution in [2.75, 3.05) is 21.3 Å². The van der Waals surface area contributed by atoms with Gasteiger partial charge >= 0.3 is 5.97 Å². The van der Waals surface area contributed by atoms with Gasteiger partial charge in [-0.05, 0) is 43.7 Å². The molecule has 0 amide bonds. The highest BCUT2D eigenvalue weighted by Gasteiger charge is 2.33. The number of esters is 1. The van der Waals surface area contributed by atoms with E-state index in [1.54, 1.807) is 44.4 Å². The summed E-state index contributed by atoms with van der Waals surface area (Å²) in [5, 5.41) is 0. The number of aryl methyl sites for hydroxylation is 1. The zero-order valence-electron chi connectivity index (χ0n) is 18.3. The number of benzene rings is 1. The molecular formula is C23H22N2O6S. The van der Waals surface area contributed by atoms with Gasteiger partial charge in [-0.2, -0.15) is 0 Å². The van der Waals surface area contributed by atoms with Crippen LogP contribution < -0.4 is 24.4 Å². The Bertz CT molecular complexity index is 1410. The van der Waals surface area contributed by atoms with Crippen molar-refractivity contribution < 1.29 is 23.4 Å². The molecule has 0 radical (unpaired) electrons. The van der Waals surface area contributed by atoms with Gasteiger partial charge in [0, 0.05) is 6.08 Å². The lowest BCUT2D eigenvalue weighted by Crippen LogP contribution is -2.39. The number of nitrogens with zero attached hydrogens (tertiary/aromatic N) is 2. The van der Waals surface area contributed by atoms with Crippen LogP contribution >= 0.6 is 11.3 Å². The van der Waals surface area contributed by atoms with Crippen molar-refractivity contribution in [2.45, 2.75) is 19.9 Å². The van der Waals surface area contributed by atoms with Crippen LogP contribution in [0.2, 0.25) is 0 Å². The number of aromatic nitrogens is 1. The van der Waals surface area contributed by atoms with Gasteiger partial charge in [-0.15, -0.1) is 0 Å². The average Bonchev–Trinajstić information content (AvgIpc) is 3.34. The predicted molar refractivity (Wildman–Crippen MR) is 119 cm³/mol. The quantitative estimate of drug-likeness (QED) is 0.550. The van der Waals surface area contributed by atoms with E-state index in [9.17, 15) is 9.59 Å². The summed E-state index contributed by atoms with van der Waals surface area (Å²) in [5.41, 5.74) is 1.15. The van der Waals surface area contributed by atoms with Crippen molar-refractivity contribution in [3.05, 3.63) is 78.4 Å². The molecule has 4 rings (SSSR count). The maximum atomic E-state index is 13.5. The Morgan fingerprint density at radius 3 is 2.50 bits per heavy atom. The second-order valence-corrected chi connectivity index (χ2v) is 8.15. The molecule has 3 aromatic rings. The zero-order valence-corrected chi connectivity index (χ0v) is 19.1. The van der Waals surface area contributed by atoms with E-state index in [0.29, 0.717) is 37.9 Å². The van der Waals surface area contributed by atoms with E-state index in [2.05, 4.69) is 4.99 Å². The molecule has 3 heterocycles. The number of carbonyl (C=O) groups excluding carboxylic acids is 1. The van der Waals surface area contributed by atoms with Crippen LogP contribution in [-0.4, -0.2) is 31.9 Å². The molecule has 8 nitrogen and oxygen atoms in total. The van der Waals surface area contributed by atoms with E-state index in [-0.39, 0.29) is 11.1 Å². The first-order valence-electron chi connectivity index (χ1n) is 9.77. The molecule has 0 saturated carbocycles. The minimum Gasteiger partial charge on any atom is -0.493 e. The van der Waals surface area contributed by atoms with Crippen LogP contribution in [0.1, 0.15) is 30.0 Å².